The predicted molar refractivity (Wildman–Crippen MR) is 432 cm³/mol. The number of guanidine groups is 2. The Morgan fingerprint density at radius 2 is 0.707 bits per heavy atom. The fraction of sp³-hybridized carbons (Fsp3) is 0.554. The highest BCUT2D eigenvalue weighted by molar-refractivity contribution is 6.01. The number of carbonyl (C=O) groups excluding carboxylic acids is 17. The number of aromatic hydroxyl groups is 1. The molecule has 0 heterocycles. The van der Waals surface area contributed by atoms with Crippen LogP contribution < -0.4 is 112 Å². The summed E-state index contributed by atoms with van der Waals surface area (Å²) in [6, 6.07) is -7.94. The SMILES string of the molecule is CC(=O)NCC(=O)N[C@@H](C)C(=O)N[C@@H](CO)C(=O)N[C@@H](CC(C)C)C(=O)N[C@@H](CCCNC(=N)N)C(=O)N[C@@H](CCCNC(=N)N)C(=O)N[C@@H](CO)C(=O)N[C@@H](Cc1ccccc1)C(=O)NCC(=O)NCC(=O)N[C@@H](CO)C(=O)N[C@@H](C)C(=O)N[C@@H](CCC(=O)O)C(=O)N[C@H](C(=O)N[C@@H](CO)C(=O)N[C@@H](Cc1ccc(O)cc1)C(=O)NCC(=O)O)C(C)C. The molecule has 0 unspecified atom stereocenters. The van der Waals surface area contributed by atoms with Crippen LogP contribution in [0, 0.1) is 22.7 Å². The molecule has 13 atom stereocenters. The van der Waals surface area contributed by atoms with Crippen molar-refractivity contribution < 1.29 is 127 Å². The summed E-state index contributed by atoms with van der Waals surface area (Å²) in [6.07, 6.45) is -2.54. The molecule has 0 fully saturated rings. The molecule has 0 aliphatic rings. The van der Waals surface area contributed by atoms with Gasteiger partial charge in [0.15, 0.2) is 11.9 Å². The summed E-state index contributed by atoms with van der Waals surface area (Å²) in [6.45, 7) is 2.18. The van der Waals surface area contributed by atoms with Crippen LogP contribution in [0.1, 0.15) is 105 Å². The van der Waals surface area contributed by atoms with Gasteiger partial charge in [0.25, 0.3) is 0 Å². The third-order valence-electron chi connectivity index (χ3n) is 17.6. The fourth-order valence-corrected chi connectivity index (χ4v) is 11.0. The first kappa shape index (κ1) is 106. The van der Waals surface area contributed by atoms with Crippen molar-refractivity contribution in [2.24, 2.45) is 23.3 Å². The number of hydrogen-bond donors (Lipinski definition) is 30. The molecule has 2 aromatic rings. The number of phenolic OH excluding ortho intramolecular Hbond substituents is 1. The number of nitrogens with two attached hydrogens (primary N) is 2. The van der Waals surface area contributed by atoms with Gasteiger partial charge in [0.1, 0.15) is 90.8 Å². The van der Waals surface area contributed by atoms with Crippen LogP contribution in [-0.2, 0) is 104 Å². The summed E-state index contributed by atoms with van der Waals surface area (Å²) < 4.78 is 0. The first-order valence-electron chi connectivity index (χ1n) is 38.8. The Balaban J connectivity index is 2.27. The van der Waals surface area contributed by atoms with Crippen LogP contribution in [0.25, 0.3) is 0 Å². The van der Waals surface area contributed by atoms with E-state index >= 15 is 0 Å². The summed E-state index contributed by atoms with van der Waals surface area (Å²) in [5, 5.41) is 129. The van der Waals surface area contributed by atoms with E-state index in [9.17, 15) is 122 Å². The number of nitrogens with one attached hydrogen (secondary N) is 21. The Morgan fingerprint density at radius 3 is 1.15 bits per heavy atom. The van der Waals surface area contributed by atoms with Gasteiger partial charge in [-0.25, -0.2) is 0 Å². The number of carboxylic acid groups (broad SMARTS) is 2. The molecule has 682 valence electrons. The molecule has 49 heteroatoms. The van der Waals surface area contributed by atoms with Crippen LogP contribution in [-0.4, -0.2) is 304 Å². The van der Waals surface area contributed by atoms with Crippen LogP contribution in [0.5, 0.6) is 5.75 Å². The van der Waals surface area contributed by atoms with Gasteiger partial charge in [0.2, 0.25) is 100 Å². The van der Waals surface area contributed by atoms with Crippen molar-refractivity contribution >= 4 is 124 Å². The van der Waals surface area contributed by atoms with E-state index in [4.69, 9.17) is 27.4 Å². The molecule has 0 aromatic heterocycles. The molecule has 17 amide bonds. The van der Waals surface area contributed by atoms with Crippen molar-refractivity contribution in [3.05, 3.63) is 65.7 Å². The number of aliphatic hydroxyl groups excluding tert-OH is 4. The second-order valence-corrected chi connectivity index (χ2v) is 28.8. The minimum absolute atomic E-state index is 0.0181. The van der Waals surface area contributed by atoms with Crippen LogP contribution >= 0.6 is 0 Å². The maximum absolute atomic E-state index is 14.4. The number of aliphatic hydroxyl groups is 4. The van der Waals surface area contributed by atoms with Gasteiger partial charge in [-0.2, -0.15) is 0 Å². The standard InChI is InChI=1S/C74H115N23O26/c1-36(2)25-47(91-69(120)51(33-99)94-60(111)38(5)85-55(105)29-81-40(7)102)67(118)90-44(15-11-23-79-73(75)76)64(115)89-45(16-12-24-80-74(77)78)65(116)95-52(34-100)70(121)92-48(26-41-13-9-8-10-14-41)62(113)83-28-54(104)82-30-56(106)87-50(32-98)68(119)86-39(6)61(112)88-46(21-22-57(107)108)66(117)97-59(37(3)4)72(123)96-53(35-101)71(122)93-49(63(114)84-31-58(109)110)27-42-17-19-43(103)20-18-42/h8-10,13-14,17-20,36-39,44-53,59,98-101,103H,11-12,15-16,21-35H2,1-7H3,(H,81,102)(H,82,104)(H,83,113)(H,84,114)(H,85,105)(H,86,119)(H,87,106)(H,88,112)(H,89,115)(H,90,118)(H,91,120)(H,92,121)(H,93,122)(H,94,111)(H,95,116)(H,96,123)(H,97,117)(H,107,108)(H,109,110)(H4,75,76,79)(H4,77,78,80)/t38-,39-,44-,45-,46-,47-,48-,49-,50-,51-,52-,53-,59-/m0/s1. The van der Waals surface area contributed by atoms with Crippen molar-refractivity contribution in [2.75, 3.05) is 65.7 Å². The first-order chi connectivity index (χ1) is 57.9. The monoisotopic (exact) mass is 1740 g/mol. The van der Waals surface area contributed by atoms with E-state index in [1.807, 2.05) is 0 Å². The number of rotatable bonds is 56. The number of benzene rings is 2. The zero-order valence-corrected chi connectivity index (χ0v) is 68.8. The number of carbonyl (C=O) groups is 19. The molecule has 0 bridgehead atoms. The lowest BCUT2D eigenvalue weighted by molar-refractivity contribution is -0.139. The Kier molecular flexibility index (Phi) is 47.6. The lowest BCUT2D eigenvalue weighted by Crippen LogP contribution is -2.61. The summed E-state index contributed by atoms with van der Waals surface area (Å²) in [5.74, 6) is -22.7. The Labute approximate surface area is 705 Å². The Morgan fingerprint density at radius 1 is 0.350 bits per heavy atom. The third kappa shape index (κ3) is 41.9. The molecule has 0 radical (unpaired) electrons. The molecule has 0 aliphatic carbocycles. The number of amides is 17. The summed E-state index contributed by atoms with van der Waals surface area (Å²) in [7, 11) is 0. The zero-order chi connectivity index (χ0) is 92.8. The highest BCUT2D eigenvalue weighted by atomic mass is 16.4. The molecule has 32 N–H and O–H groups in total. The number of phenols is 1. The Bertz CT molecular complexity index is 3990. The van der Waals surface area contributed by atoms with E-state index in [0.717, 1.165) is 13.8 Å². The van der Waals surface area contributed by atoms with Gasteiger partial charge in [-0.05, 0) is 87.5 Å². The maximum Gasteiger partial charge on any atom is 0.322 e. The molecule has 49 nitrogen and oxygen atoms in total. The van der Waals surface area contributed by atoms with Gasteiger partial charge >= 0.3 is 11.9 Å². The van der Waals surface area contributed by atoms with Crippen molar-refractivity contribution in [2.45, 2.75) is 185 Å². The quantitative estimate of drug-likeness (QED) is 0.0166. The lowest BCUT2D eigenvalue weighted by atomic mass is 10.0. The van der Waals surface area contributed by atoms with Gasteiger partial charge in [-0.3, -0.25) is 102 Å². The van der Waals surface area contributed by atoms with Crippen LogP contribution in [0.3, 0.4) is 0 Å². The molecular formula is C74H115N23O26. The highest BCUT2D eigenvalue weighted by Crippen LogP contribution is 2.15. The minimum Gasteiger partial charge on any atom is -0.508 e. The fourth-order valence-electron chi connectivity index (χ4n) is 11.0. The van der Waals surface area contributed by atoms with Crippen LogP contribution in [0.15, 0.2) is 54.6 Å². The largest absolute Gasteiger partial charge is 0.508 e. The van der Waals surface area contributed by atoms with Crippen molar-refractivity contribution in [1.82, 2.24) is 101 Å². The van der Waals surface area contributed by atoms with E-state index in [1.165, 1.54) is 45.0 Å². The van der Waals surface area contributed by atoms with Crippen molar-refractivity contribution in [1.29, 1.82) is 10.8 Å². The summed E-state index contributed by atoms with van der Waals surface area (Å²) in [4.78, 5) is 251. The van der Waals surface area contributed by atoms with E-state index in [-0.39, 0.29) is 69.7 Å². The maximum atomic E-state index is 14.4. The van der Waals surface area contributed by atoms with Gasteiger partial charge in [0.05, 0.1) is 46.1 Å². The molecule has 2 aromatic carbocycles. The average Bonchev–Trinajstić information content (AvgIpc) is 0.872. The summed E-state index contributed by atoms with van der Waals surface area (Å²) >= 11 is 0. The first-order valence-corrected chi connectivity index (χ1v) is 38.8. The third-order valence-corrected chi connectivity index (χ3v) is 17.6. The van der Waals surface area contributed by atoms with Crippen LogP contribution in [0.2, 0.25) is 0 Å². The predicted octanol–water partition coefficient (Wildman–Crippen LogP) is -11.8. The average molecular weight is 1740 g/mol. The van der Waals surface area contributed by atoms with Gasteiger partial charge in [0, 0.05) is 39.3 Å². The van der Waals surface area contributed by atoms with Gasteiger partial charge < -0.3 is 148 Å². The molecule has 0 saturated heterocycles. The normalized spacial score (nSPS) is 14.0. The topological polar surface area (TPSA) is 794 Å². The molecule has 0 aliphatic heterocycles. The zero-order valence-electron chi connectivity index (χ0n) is 68.8. The number of aliphatic carboxylic acids is 2. The van der Waals surface area contributed by atoms with Crippen molar-refractivity contribution in [3.8, 4) is 5.75 Å². The summed E-state index contributed by atoms with van der Waals surface area (Å²) in [5.41, 5.74) is 11.7. The molecule has 0 saturated carbocycles. The number of hydrogen-bond acceptors (Lipinski definition) is 26. The van der Waals surface area contributed by atoms with Crippen molar-refractivity contribution in [3.63, 3.8) is 0 Å². The number of carboxylic acids is 2. The van der Waals surface area contributed by atoms with Crippen LogP contribution in [0.4, 0.5) is 0 Å². The van der Waals surface area contributed by atoms with E-state index < -0.39 is 274 Å². The van der Waals surface area contributed by atoms with E-state index in [1.54, 1.807) is 44.2 Å². The molecule has 2 rings (SSSR count). The second kappa shape index (κ2) is 55.4. The minimum atomic E-state index is -1.90. The second-order valence-electron chi connectivity index (χ2n) is 28.8. The molecule has 0 spiro atoms. The lowest BCUT2D eigenvalue weighted by Gasteiger charge is -2.28. The Hall–Kier alpha value is -13.4. The molecule has 123 heavy (non-hydrogen) atoms. The van der Waals surface area contributed by atoms with E-state index in [2.05, 4.69) is 101 Å². The highest BCUT2D eigenvalue weighted by Gasteiger charge is 2.38. The van der Waals surface area contributed by atoms with Gasteiger partial charge in [-0.15, -0.1) is 0 Å². The van der Waals surface area contributed by atoms with Gasteiger partial charge in [-0.1, -0.05) is 70.2 Å². The van der Waals surface area contributed by atoms with E-state index in [0.29, 0.717) is 11.1 Å². The molecular weight excluding hydrogens is 1630 g/mol. The smallest absolute Gasteiger partial charge is 0.322 e.